The fourth-order valence-electron chi connectivity index (χ4n) is 1.49. The van der Waals surface area contributed by atoms with Gasteiger partial charge in [0, 0.05) is 0 Å². The van der Waals surface area contributed by atoms with Crippen LogP contribution in [0.1, 0.15) is 26.2 Å². The van der Waals surface area contributed by atoms with Gasteiger partial charge in [0.05, 0.1) is 12.0 Å². The third-order valence-corrected chi connectivity index (χ3v) is 2.43. The van der Waals surface area contributed by atoms with Crippen molar-refractivity contribution in [1.29, 1.82) is 5.26 Å². The van der Waals surface area contributed by atoms with Crippen molar-refractivity contribution in [2.45, 2.75) is 26.2 Å². The molecule has 10 heavy (non-hydrogen) atoms. The molecule has 54 valence electrons. The lowest BCUT2D eigenvalue weighted by Crippen LogP contribution is -2.16. The molecule has 0 bridgehead atoms. The van der Waals surface area contributed by atoms with E-state index < -0.39 is 0 Å². The van der Waals surface area contributed by atoms with Crippen LogP contribution in [0.2, 0.25) is 0 Å². The number of hydrogen-bond donors (Lipinski definition) is 0. The van der Waals surface area contributed by atoms with Crippen molar-refractivity contribution >= 4 is 0 Å². The topological polar surface area (TPSA) is 23.8 Å². The maximum atomic E-state index is 8.69. The highest BCUT2D eigenvalue weighted by Gasteiger charge is 2.23. The van der Waals surface area contributed by atoms with Crippen LogP contribution in [0.3, 0.4) is 0 Å². The monoisotopic (exact) mass is 135 g/mol. The van der Waals surface area contributed by atoms with Crippen LogP contribution in [-0.2, 0) is 0 Å². The first-order chi connectivity index (χ1) is 4.75. The van der Waals surface area contributed by atoms with Crippen LogP contribution in [0.4, 0.5) is 0 Å². The molecule has 1 nitrogen and oxygen atoms in total. The lowest BCUT2D eigenvalue weighted by Gasteiger charge is -2.25. The summed E-state index contributed by atoms with van der Waals surface area (Å²) in [6.07, 6.45) is 3.34. The second kappa shape index (κ2) is 2.88. The Balaban J connectivity index is 2.61. The van der Waals surface area contributed by atoms with Gasteiger partial charge < -0.3 is 0 Å². The second-order valence-corrected chi connectivity index (χ2v) is 3.07. The maximum absolute atomic E-state index is 8.69. The molecule has 0 amide bonds. The molecule has 1 aliphatic rings. The lowest BCUT2D eigenvalue weighted by atomic mass is 9.78. The summed E-state index contributed by atoms with van der Waals surface area (Å²) in [6, 6.07) is 2.32. The molecule has 1 heteroatoms. The van der Waals surface area contributed by atoms with E-state index in [0.29, 0.717) is 5.92 Å². The highest BCUT2D eigenvalue weighted by atomic mass is 14.3. The summed E-state index contributed by atoms with van der Waals surface area (Å²) in [4.78, 5) is 0. The van der Waals surface area contributed by atoms with Gasteiger partial charge in [0.2, 0.25) is 0 Å². The van der Waals surface area contributed by atoms with Crippen LogP contribution in [0.15, 0.2) is 12.2 Å². The van der Waals surface area contributed by atoms with E-state index in [9.17, 15) is 0 Å². The van der Waals surface area contributed by atoms with Crippen molar-refractivity contribution in [2.24, 2.45) is 11.8 Å². The number of nitriles is 1. The molecule has 0 saturated heterocycles. The quantitative estimate of drug-likeness (QED) is 0.468. The minimum absolute atomic E-state index is 0.237. The van der Waals surface area contributed by atoms with Crippen LogP contribution in [0.25, 0.3) is 0 Å². The molecule has 0 aliphatic heterocycles. The first kappa shape index (κ1) is 7.34. The normalized spacial score (nSPS) is 33.4. The van der Waals surface area contributed by atoms with Crippen LogP contribution >= 0.6 is 0 Å². The van der Waals surface area contributed by atoms with Gasteiger partial charge in [-0.3, -0.25) is 0 Å². The molecule has 0 aromatic rings. The van der Waals surface area contributed by atoms with Crippen molar-refractivity contribution < 1.29 is 0 Å². The van der Waals surface area contributed by atoms with Gasteiger partial charge in [-0.1, -0.05) is 19.1 Å². The first-order valence-corrected chi connectivity index (χ1v) is 3.83. The van der Waals surface area contributed by atoms with Gasteiger partial charge in [-0.15, -0.1) is 0 Å². The van der Waals surface area contributed by atoms with Gasteiger partial charge in [0.1, 0.15) is 0 Å². The molecule has 0 radical (unpaired) electrons. The summed E-state index contributed by atoms with van der Waals surface area (Å²) in [5, 5.41) is 8.69. The summed E-state index contributed by atoms with van der Waals surface area (Å²) >= 11 is 0. The largest absolute Gasteiger partial charge is 0.198 e. The minimum atomic E-state index is 0.237. The third kappa shape index (κ3) is 1.21. The van der Waals surface area contributed by atoms with Crippen molar-refractivity contribution in [3.05, 3.63) is 12.2 Å². The van der Waals surface area contributed by atoms with Crippen molar-refractivity contribution in [3.8, 4) is 6.07 Å². The predicted octanol–water partition coefficient (Wildman–Crippen LogP) is 2.50. The zero-order chi connectivity index (χ0) is 7.56. The van der Waals surface area contributed by atoms with Gasteiger partial charge in [-0.05, 0) is 25.2 Å². The van der Waals surface area contributed by atoms with Crippen molar-refractivity contribution in [2.75, 3.05) is 0 Å². The highest BCUT2D eigenvalue weighted by Crippen LogP contribution is 2.32. The second-order valence-electron chi connectivity index (χ2n) is 3.07. The lowest BCUT2D eigenvalue weighted by molar-refractivity contribution is 0.396. The van der Waals surface area contributed by atoms with Crippen LogP contribution in [-0.4, -0.2) is 0 Å². The van der Waals surface area contributed by atoms with E-state index in [1.54, 1.807) is 0 Å². The van der Waals surface area contributed by atoms with Gasteiger partial charge in [-0.25, -0.2) is 0 Å². The third-order valence-electron chi connectivity index (χ3n) is 2.43. The molecule has 0 N–H and O–H groups in total. The Morgan fingerprint density at radius 1 is 1.70 bits per heavy atom. The first-order valence-electron chi connectivity index (χ1n) is 3.83. The Bertz CT molecular complexity index is 176. The smallest absolute Gasteiger partial charge is 0.0661 e. The van der Waals surface area contributed by atoms with E-state index in [4.69, 9.17) is 5.26 Å². The predicted molar refractivity (Wildman–Crippen MR) is 41.3 cm³/mol. The van der Waals surface area contributed by atoms with Crippen molar-refractivity contribution in [3.63, 3.8) is 0 Å². The van der Waals surface area contributed by atoms with E-state index in [2.05, 4.69) is 19.6 Å². The van der Waals surface area contributed by atoms with Crippen molar-refractivity contribution in [1.82, 2.24) is 0 Å². The Hall–Kier alpha value is -0.770. The molecule has 0 aromatic carbocycles. The number of hydrogen-bond acceptors (Lipinski definition) is 1. The summed E-state index contributed by atoms with van der Waals surface area (Å²) in [6.45, 7) is 6.05. The Kier molecular flexibility index (Phi) is 2.11. The number of allylic oxidation sites excluding steroid dienone is 1. The fourth-order valence-corrected chi connectivity index (χ4v) is 1.49. The number of rotatable bonds is 0. The molecule has 1 rings (SSSR count). The van der Waals surface area contributed by atoms with Crippen LogP contribution in [0.5, 0.6) is 0 Å². The molecule has 0 aromatic heterocycles. The summed E-state index contributed by atoms with van der Waals surface area (Å²) in [5.41, 5.74) is 1.26. The molecule has 1 saturated carbocycles. The molecule has 0 spiro atoms. The van der Waals surface area contributed by atoms with E-state index >= 15 is 0 Å². The van der Waals surface area contributed by atoms with Crippen LogP contribution < -0.4 is 0 Å². The van der Waals surface area contributed by atoms with E-state index in [-0.39, 0.29) is 5.92 Å². The van der Waals surface area contributed by atoms with Gasteiger partial charge in [0.15, 0.2) is 0 Å². The Morgan fingerprint density at radius 2 is 2.40 bits per heavy atom. The Morgan fingerprint density at radius 3 is 2.90 bits per heavy atom. The molecule has 0 heterocycles. The van der Waals surface area contributed by atoms with E-state index in [1.165, 1.54) is 5.57 Å². The van der Waals surface area contributed by atoms with Gasteiger partial charge in [0.25, 0.3) is 0 Å². The summed E-state index contributed by atoms with van der Waals surface area (Å²) in [7, 11) is 0. The SMILES string of the molecule is C=C1CCCC(C#N)C1C. The summed E-state index contributed by atoms with van der Waals surface area (Å²) in [5.74, 6) is 0.667. The summed E-state index contributed by atoms with van der Waals surface area (Å²) < 4.78 is 0. The zero-order valence-electron chi connectivity index (χ0n) is 6.43. The average molecular weight is 135 g/mol. The van der Waals surface area contributed by atoms with Gasteiger partial charge >= 0.3 is 0 Å². The molecule has 1 aliphatic carbocycles. The molecule has 2 unspecified atom stereocenters. The zero-order valence-corrected chi connectivity index (χ0v) is 6.43. The van der Waals surface area contributed by atoms with Crippen LogP contribution in [0, 0.1) is 23.2 Å². The number of nitrogens with zero attached hydrogens (tertiary/aromatic N) is 1. The minimum Gasteiger partial charge on any atom is -0.198 e. The molecular weight excluding hydrogens is 122 g/mol. The highest BCUT2D eigenvalue weighted by molar-refractivity contribution is 5.09. The molecular formula is C9H13N. The Labute approximate surface area is 62.4 Å². The van der Waals surface area contributed by atoms with Gasteiger partial charge in [-0.2, -0.15) is 5.26 Å². The molecule has 1 fully saturated rings. The fraction of sp³-hybridized carbons (Fsp3) is 0.667. The van der Waals surface area contributed by atoms with E-state index in [0.717, 1.165) is 19.3 Å². The average Bonchev–Trinajstić information content (AvgIpc) is 1.95. The molecule has 2 atom stereocenters. The standard InChI is InChI=1S/C9H13N/c1-7-4-3-5-9(6-10)8(7)2/h8-9H,1,3-5H2,2H3. The maximum Gasteiger partial charge on any atom is 0.0661 e. The van der Waals surface area contributed by atoms with E-state index in [1.807, 2.05) is 0 Å².